The van der Waals surface area contributed by atoms with E-state index in [1.165, 1.54) is 46.4 Å². The van der Waals surface area contributed by atoms with Crippen molar-refractivity contribution in [3.05, 3.63) is 85.6 Å². The first-order valence-electron chi connectivity index (χ1n) is 9.14. The Bertz CT molecular complexity index is 1310. The molecule has 0 aliphatic carbocycles. The maximum Gasteiger partial charge on any atom is 0.269 e. The lowest BCUT2D eigenvalue weighted by Gasteiger charge is -2.08. The second-order valence-electron chi connectivity index (χ2n) is 6.66. The Kier molecular flexibility index (Phi) is 5.41. The van der Waals surface area contributed by atoms with Gasteiger partial charge in [0.1, 0.15) is 11.5 Å². The monoisotopic (exact) mass is 436 g/mol. The van der Waals surface area contributed by atoms with Crippen LogP contribution in [0.15, 0.2) is 58.7 Å². The van der Waals surface area contributed by atoms with Gasteiger partial charge in [0, 0.05) is 30.0 Å². The predicted octanol–water partition coefficient (Wildman–Crippen LogP) is 3.08. The van der Waals surface area contributed by atoms with E-state index >= 15 is 0 Å². The maximum absolute atomic E-state index is 12.6. The van der Waals surface area contributed by atoms with Gasteiger partial charge in [-0.15, -0.1) is 11.3 Å². The summed E-state index contributed by atoms with van der Waals surface area (Å²) in [5.74, 6) is 0.172. The Morgan fingerprint density at radius 2 is 2.03 bits per heavy atom. The van der Waals surface area contributed by atoms with Gasteiger partial charge < -0.3 is 5.32 Å². The Morgan fingerprint density at radius 3 is 2.68 bits per heavy atom. The topological polar surface area (TPSA) is 136 Å². The fourth-order valence-electron chi connectivity index (χ4n) is 2.95. The number of amides is 1. The molecule has 2 N–H and O–H groups in total. The van der Waals surface area contributed by atoms with Gasteiger partial charge in [0.05, 0.1) is 16.2 Å². The Hall–Kier alpha value is -4.12. The highest BCUT2D eigenvalue weighted by atomic mass is 32.1. The molecule has 0 atom stereocenters. The van der Waals surface area contributed by atoms with Crippen LogP contribution in [-0.2, 0) is 11.2 Å². The number of aryl methyl sites for hydroxylation is 1. The van der Waals surface area contributed by atoms with Crippen molar-refractivity contribution in [2.24, 2.45) is 0 Å². The third-order valence-corrected chi connectivity index (χ3v) is 5.21. The van der Waals surface area contributed by atoms with E-state index in [9.17, 15) is 19.7 Å². The van der Waals surface area contributed by atoms with Gasteiger partial charge in [0.15, 0.2) is 0 Å². The first kappa shape index (κ1) is 20.2. The highest BCUT2D eigenvalue weighted by Crippen LogP contribution is 2.27. The number of nitro benzene ring substituents is 1. The van der Waals surface area contributed by atoms with Crippen LogP contribution in [0.2, 0.25) is 0 Å². The SMILES string of the molecule is Cc1cc(=O)[nH]c(-n2nc(-c3cccs3)cc2NC(=O)Cc2ccc([N+](=O)[O-])cc2)n1. The van der Waals surface area contributed by atoms with E-state index in [-0.39, 0.29) is 29.5 Å². The largest absolute Gasteiger partial charge is 0.310 e. The number of hydrogen-bond acceptors (Lipinski definition) is 7. The molecule has 156 valence electrons. The first-order chi connectivity index (χ1) is 14.9. The first-order valence-corrected chi connectivity index (χ1v) is 10.0. The zero-order valence-electron chi connectivity index (χ0n) is 16.2. The molecule has 4 aromatic rings. The molecule has 0 saturated heterocycles. The number of anilines is 1. The van der Waals surface area contributed by atoms with E-state index < -0.39 is 4.92 Å². The number of non-ortho nitro benzene ring substituents is 1. The third-order valence-electron chi connectivity index (χ3n) is 4.32. The third kappa shape index (κ3) is 4.56. The molecule has 0 radical (unpaired) electrons. The van der Waals surface area contributed by atoms with Gasteiger partial charge in [-0.05, 0) is 23.9 Å². The van der Waals surface area contributed by atoms with Crippen LogP contribution in [-0.4, -0.2) is 30.6 Å². The van der Waals surface area contributed by atoms with Gasteiger partial charge in [0.25, 0.3) is 11.2 Å². The van der Waals surface area contributed by atoms with Crippen LogP contribution in [0.5, 0.6) is 0 Å². The molecule has 3 aromatic heterocycles. The zero-order valence-corrected chi connectivity index (χ0v) is 17.0. The number of carbonyl (C=O) groups excluding carboxylic acids is 1. The average Bonchev–Trinajstić information content (AvgIpc) is 3.37. The number of benzene rings is 1. The van der Waals surface area contributed by atoms with E-state index in [4.69, 9.17) is 0 Å². The molecule has 0 fully saturated rings. The van der Waals surface area contributed by atoms with Gasteiger partial charge in [-0.3, -0.25) is 24.7 Å². The minimum Gasteiger partial charge on any atom is -0.310 e. The number of aromatic amines is 1. The van der Waals surface area contributed by atoms with Crippen LogP contribution >= 0.6 is 11.3 Å². The molecular weight excluding hydrogens is 420 g/mol. The van der Waals surface area contributed by atoms with Crippen LogP contribution < -0.4 is 10.9 Å². The molecule has 11 heteroatoms. The smallest absolute Gasteiger partial charge is 0.269 e. The zero-order chi connectivity index (χ0) is 22.0. The maximum atomic E-state index is 12.6. The number of nitrogens with zero attached hydrogens (tertiary/aromatic N) is 4. The molecule has 10 nitrogen and oxygen atoms in total. The lowest BCUT2D eigenvalue weighted by molar-refractivity contribution is -0.384. The van der Waals surface area contributed by atoms with Crippen LogP contribution in [0, 0.1) is 17.0 Å². The van der Waals surface area contributed by atoms with Gasteiger partial charge in [0.2, 0.25) is 11.9 Å². The van der Waals surface area contributed by atoms with E-state index in [2.05, 4.69) is 20.4 Å². The van der Waals surface area contributed by atoms with Gasteiger partial charge in [-0.25, -0.2) is 4.98 Å². The van der Waals surface area contributed by atoms with Crippen LogP contribution in [0.3, 0.4) is 0 Å². The lowest BCUT2D eigenvalue weighted by atomic mass is 10.1. The summed E-state index contributed by atoms with van der Waals surface area (Å²) >= 11 is 1.49. The minimum absolute atomic E-state index is 0.00920. The molecule has 1 amide bonds. The number of aromatic nitrogens is 4. The van der Waals surface area contributed by atoms with Crippen molar-refractivity contribution in [1.82, 2.24) is 19.7 Å². The van der Waals surface area contributed by atoms with Gasteiger partial charge in [-0.1, -0.05) is 18.2 Å². The van der Waals surface area contributed by atoms with Crippen molar-refractivity contribution < 1.29 is 9.72 Å². The highest BCUT2D eigenvalue weighted by Gasteiger charge is 2.17. The fraction of sp³-hybridized carbons (Fsp3) is 0.100. The summed E-state index contributed by atoms with van der Waals surface area (Å²) in [5.41, 5.74) is 1.37. The second-order valence-corrected chi connectivity index (χ2v) is 7.61. The summed E-state index contributed by atoms with van der Waals surface area (Å²) in [6.45, 7) is 1.69. The van der Waals surface area contributed by atoms with Crippen molar-refractivity contribution in [3.8, 4) is 16.5 Å². The van der Waals surface area contributed by atoms with Crippen molar-refractivity contribution in [1.29, 1.82) is 0 Å². The number of carbonyl (C=O) groups is 1. The van der Waals surface area contributed by atoms with Gasteiger partial charge >= 0.3 is 0 Å². The molecule has 0 saturated carbocycles. The Morgan fingerprint density at radius 1 is 1.26 bits per heavy atom. The van der Waals surface area contributed by atoms with E-state index in [1.807, 2.05) is 17.5 Å². The molecule has 0 aliphatic rings. The van der Waals surface area contributed by atoms with E-state index in [1.54, 1.807) is 13.0 Å². The summed E-state index contributed by atoms with van der Waals surface area (Å²) in [6, 6.07) is 12.6. The summed E-state index contributed by atoms with van der Waals surface area (Å²) in [4.78, 5) is 42.6. The summed E-state index contributed by atoms with van der Waals surface area (Å²) in [6.07, 6.45) is 0.00920. The lowest BCUT2D eigenvalue weighted by Crippen LogP contribution is -2.20. The predicted molar refractivity (Wildman–Crippen MR) is 115 cm³/mol. The van der Waals surface area contributed by atoms with Crippen LogP contribution in [0.25, 0.3) is 16.5 Å². The molecule has 0 bridgehead atoms. The number of nitrogens with one attached hydrogen (secondary N) is 2. The van der Waals surface area contributed by atoms with Crippen LogP contribution in [0.1, 0.15) is 11.3 Å². The standard InChI is InChI=1S/C20H16N6O4S/c1-12-9-18(27)23-20(21-12)25-17(11-15(24-25)16-3-2-8-31-16)22-19(28)10-13-4-6-14(7-5-13)26(29)30/h2-9,11H,10H2,1H3,(H,22,28)(H,21,23,27). The molecular formula is C20H16N6O4S. The number of nitro groups is 1. The summed E-state index contributed by atoms with van der Waals surface area (Å²) < 4.78 is 1.37. The molecule has 0 aliphatic heterocycles. The van der Waals surface area contributed by atoms with Crippen LogP contribution in [0.4, 0.5) is 11.5 Å². The Balaban J connectivity index is 1.64. The van der Waals surface area contributed by atoms with Crippen molar-refractivity contribution >= 4 is 28.7 Å². The molecule has 1 aromatic carbocycles. The average molecular weight is 436 g/mol. The fourth-order valence-corrected chi connectivity index (χ4v) is 3.63. The number of H-pyrrole nitrogens is 1. The highest BCUT2D eigenvalue weighted by molar-refractivity contribution is 7.13. The molecule has 0 spiro atoms. The van der Waals surface area contributed by atoms with E-state index in [0.717, 1.165) is 4.88 Å². The Labute approximate surface area is 179 Å². The van der Waals surface area contributed by atoms with Crippen molar-refractivity contribution in [2.75, 3.05) is 5.32 Å². The number of hydrogen-bond donors (Lipinski definition) is 2. The van der Waals surface area contributed by atoms with E-state index in [0.29, 0.717) is 22.8 Å². The number of thiophene rings is 1. The van der Waals surface area contributed by atoms with Crippen molar-refractivity contribution in [3.63, 3.8) is 0 Å². The molecule has 4 rings (SSSR count). The minimum atomic E-state index is -0.496. The van der Waals surface area contributed by atoms with Crippen molar-refractivity contribution in [2.45, 2.75) is 13.3 Å². The quantitative estimate of drug-likeness (QED) is 0.352. The normalized spacial score (nSPS) is 10.7. The molecule has 0 unspecified atom stereocenters. The summed E-state index contributed by atoms with van der Waals surface area (Å²) in [5, 5.41) is 20.0. The molecule has 31 heavy (non-hydrogen) atoms. The summed E-state index contributed by atoms with van der Waals surface area (Å²) in [7, 11) is 0. The van der Waals surface area contributed by atoms with Gasteiger partial charge in [-0.2, -0.15) is 9.78 Å². The number of rotatable bonds is 6. The molecule has 3 heterocycles. The second kappa shape index (κ2) is 8.32.